The Morgan fingerprint density at radius 1 is 1.28 bits per heavy atom. The molecule has 0 spiro atoms. The summed E-state index contributed by atoms with van der Waals surface area (Å²) in [5, 5.41) is 4.36. The van der Waals surface area contributed by atoms with Gasteiger partial charge in [0.25, 0.3) is 5.91 Å². The van der Waals surface area contributed by atoms with Crippen molar-refractivity contribution in [3.63, 3.8) is 0 Å². The number of nitrogens with zero attached hydrogens (tertiary/aromatic N) is 1. The van der Waals surface area contributed by atoms with Gasteiger partial charge in [-0.25, -0.2) is 5.43 Å². The van der Waals surface area contributed by atoms with Crippen LogP contribution in [0, 0.1) is 0 Å². The van der Waals surface area contributed by atoms with E-state index in [4.69, 9.17) is 16.0 Å². The fourth-order valence-corrected chi connectivity index (χ4v) is 1.66. The van der Waals surface area contributed by atoms with Gasteiger partial charge in [0.2, 0.25) is 0 Å². The monoisotopic (exact) mass is 326 g/mol. The zero-order valence-corrected chi connectivity index (χ0v) is 11.4. The van der Waals surface area contributed by atoms with Crippen LogP contribution in [0.5, 0.6) is 0 Å². The van der Waals surface area contributed by atoms with Crippen molar-refractivity contribution in [1.82, 2.24) is 5.43 Å². The van der Waals surface area contributed by atoms with E-state index in [2.05, 4.69) is 26.5 Å². The number of nitrogens with one attached hydrogen (secondary N) is 1. The summed E-state index contributed by atoms with van der Waals surface area (Å²) < 4.78 is 5.79. The highest BCUT2D eigenvalue weighted by atomic mass is 79.9. The van der Waals surface area contributed by atoms with Crippen molar-refractivity contribution in [2.45, 2.75) is 0 Å². The van der Waals surface area contributed by atoms with Crippen molar-refractivity contribution in [3.8, 4) is 0 Å². The third-order valence-corrected chi connectivity index (χ3v) is 2.74. The highest BCUT2D eigenvalue weighted by Gasteiger charge is 2.03. The molecule has 0 radical (unpaired) electrons. The molecule has 0 fully saturated rings. The number of carbonyl (C=O) groups excluding carboxylic acids is 1. The Balaban J connectivity index is 1.96. The fourth-order valence-electron chi connectivity index (χ4n) is 1.22. The molecule has 0 aliphatic carbocycles. The lowest BCUT2D eigenvalue weighted by molar-refractivity contribution is 0.0955. The Morgan fingerprint density at radius 3 is 2.61 bits per heavy atom. The van der Waals surface area contributed by atoms with Crippen LogP contribution in [0.4, 0.5) is 0 Å². The first-order valence-corrected chi connectivity index (χ1v) is 6.16. The van der Waals surface area contributed by atoms with Crippen LogP contribution in [0.3, 0.4) is 0 Å². The van der Waals surface area contributed by atoms with E-state index in [9.17, 15) is 4.79 Å². The minimum absolute atomic E-state index is 0.312. The minimum Gasteiger partial charge on any atom is -0.448 e. The zero-order chi connectivity index (χ0) is 13.0. The molecule has 1 aromatic carbocycles. The lowest BCUT2D eigenvalue weighted by Crippen LogP contribution is -2.17. The van der Waals surface area contributed by atoms with E-state index >= 15 is 0 Å². The molecule has 1 amide bonds. The molecular weight excluding hydrogens is 320 g/mol. The molecule has 18 heavy (non-hydrogen) atoms. The number of hydrazone groups is 1. The van der Waals surface area contributed by atoms with Gasteiger partial charge in [-0.1, -0.05) is 11.6 Å². The Morgan fingerprint density at radius 2 is 2.00 bits per heavy atom. The van der Waals surface area contributed by atoms with E-state index in [0.29, 0.717) is 21.0 Å². The number of rotatable bonds is 3. The van der Waals surface area contributed by atoms with Crippen LogP contribution in [-0.4, -0.2) is 12.1 Å². The molecule has 2 aromatic rings. The molecule has 0 aliphatic rings. The topological polar surface area (TPSA) is 54.6 Å². The number of furan rings is 1. The predicted octanol–water partition coefficient (Wildman–Crippen LogP) is 3.46. The van der Waals surface area contributed by atoms with Crippen LogP contribution < -0.4 is 5.43 Å². The third kappa shape index (κ3) is 3.45. The number of carbonyl (C=O) groups is 1. The molecule has 0 unspecified atom stereocenters. The second-order valence-corrected chi connectivity index (χ2v) is 4.57. The normalized spacial score (nSPS) is 10.8. The van der Waals surface area contributed by atoms with Gasteiger partial charge in [-0.3, -0.25) is 4.79 Å². The van der Waals surface area contributed by atoms with Gasteiger partial charge in [0.1, 0.15) is 5.76 Å². The van der Waals surface area contributed by atoms with Crippen molar-refractivity contribution in [1.29, 1.82) is 0 Å². The largest absolute Gasteiger partial charge is 0.448 e. The smallest absolute Gasteiger partial charge is 0.271 e. The highest BCUT2D eigenvalue weighted by Crippen LogP contribution is 2.12. The number of hydrogen-bond donors (Lipinski definition) is 1. The maximum Gasteiger partial charge on any atom is 0.271 e. The Hall–Kier alpha value is -1.59. The summed E-state index contributed by atoms with van der Waals surface area (Å²) in [4.78, 5) is 11.6. The van der Waals surface area contributed by atoms with E-state index in [0.717, 1.165) is 0 Å². The summed E-state index contributed by atoms with van der Waals surface area (Å²) >= 11 is 8.89. The van der Waals surface area contributed by atoms with Gasteiger partial charge < -0.3 is 4.42 Å². The van der Waals surface area contributed by atoms with Crippen molar-refractivity contribution in [3.05, 3.63) is 57.4 Å². The van der Waals surface area contributed by atoms with E-state index in [1.807, 2.05) is 0 Å². The summed E-state index contributed by atoms with van der Waals surface area (Å²) in [7, 11) is 0. The Labute approximate surface area is 117 Å². The highest BCUT2D eigenvalue weighted by molar-refractivity contribution is 9.10. The Kier molecular flexibility index (Phi) is 4.17. The molecule has 1 aromatic heterocycles. The van der Waals surface area contributed by atoms with Crippen molar-refractivity contribution < 1.29 is 9.21 Å². The predicted molar refractivity (Wildman–Crippen MR) is 72.9 cm³/mol. The molecular formula is C12H8BrClN2O2. The molecule has 0 saturated heterocycles. The molecule has 0 aliphatic heterocycles. The number of hydrogen-bond acceptors (Lipinski definition) is 3. The first-order valence-electron chi connectivity index (χ1n) is 4.99. The van der Waals surface area contributed by atoms with E-state index < -0.39 is 0 Å². The summed E-state index contributed by atoms with van der Waals surface area (Å²) in [6.07, 6.45) is 1.42. The first kappa shape index (κ1) is 12.9. The molecule has 0 atom stereocenters. The van der Waals surface area contributed by atoms with Crippen LogP contribution in [0.2, 0.25) is 5.02 Å². The lowest BCUT2D eigenvalue weighted by Gasteiger charge is -1.98. The van der Waals surface area contributed by atoms with Crippen LogP contribution in [0.15, 0.2) is 50.6 Å². The van der Waals surface area contributed by atoms with E-state index in [1.54, 1.807) is 36.4 Å². The maximum absolute atomic E-state index is 11.6. The summed E-state index contributed by atoms with van der Waals surface area (Å²) in [6, 6.07) is 9.99. The molecule has 92 valence electrons. The average Bonchev–Trinajstić information content (AvgIpc) is 2.76. The van der Waals surface area contributed by atoms with Crippen LogP contribution >= 0.6 is 27.5 Å². The number of halogens is 2. The van der Waals surface area contributed by atoms with Crippen molar-refractivity contribution >= 4 is 39.7 Å². The molecule has 6 heteroatoms. The zero-order valence-electron chi connectivity index (χ0n) is 9.06. The molecule has 2 rings (SSSR count). The molecule has 0 bridgehead atoms. The van der Waals surface area contributed by atoms with E-state index in [-0.39, 0.29) is 5.91 Å². The lowest BCUT2D eigenvalue weighted by atomic mass is 10.2. The SMILES string of the molecule is O=C(N/N=C/c1ccc(Br)o1)c1ccc(Cl)cc1. The quantitative estimate of drug-likeness (QED) is 0.693. The molecule has 0 saturated carbocycles. The van der Waals surface area contributed by atoms with Crippen molar-refractivity contribution in [2.75, 3.05) is 0 Å². The van der Waals surface area contributed by atoms with Gasteiger partial charge in [0.15, 0.2) is 4.67 Å². The van der Waals surface area contributed by atoms with Gasteiger partial charge in [0.05, 0.1) is 6.21 Å². The van der Waals surface area contributed by atoms with Crippen molar-refractivity contribution in [2.24, 2.45) is 5.10 Å². The maximum atomic E-state index is 11.6. The van der Waals surface area contributed by atoms with E-state index in [1.165, 1.54) is 6.21 Å². The Bertz CT molecular complexity index is 578. The van der Waals surface area contributed by atoms with Gasteiger partial charge in [-0.2, -0.15) is 5.10 Å². The second kappa shape index (κ2) is 5.84. The van der Waals surface area contributed by atoms with Crippen LogP contribution in [0.1, 0.15) is 16.1 Å². The molecule has 1 heterocycles. The number of amides is 1. The standard InChI is InChI=1S/C12H8BrClN2O2/c13-11-6-5-10(18-11)7-15-16-12(17)8-1-3-9(14)4-2-8/h1-7H,(H,16,17)/b15-7+. The summed E-state index contributed by atoms with van der Waals surface area (Å²) in [6.45, 7) is 0. The summed E-state index contributed by atoms with van der Waals surface area (Å²) in [5.41, 5.74) is 2.87. The van der Waals surface area contributed by atoms with Gasteiger partial charge in [0, 0.05) is 10.6 Å². The second-order valence-electron chi connectivity index (χ2n) is 3.35. The average molecular weight is 328 g/mol. The van der Waals surface area contributed by atoms with Gasteiger partial charge >= 0.3 is 0 Å². The fraction of sp³-hybridized carbons (Fsp3) is 0. The van der Waals surface area contributed by atoms with Gasteiger partial charge in [-0.05, 0) is 52.3 Å². The molecule has 4 nitrogen and oxygen atoms in total. The number of benzene rings is 1. The first-order chi connectivity index (χ1) is 8.65. The minimum atomic E-state index is -0.312. The van der Waals surface area contributed by atoms with Crippen LogP contribution in [0.25, 0.3) is 0 Å². The third-order valence-electron chi connectivity index (χ3n) is 2.06. The summed E-state index contributed by atoms with van der Waals surface area (Å²) in [5.74, 6) is 0.229. The van der Waals surface area contributed by atoms with Gasteiger partial charge in [-0.15, -0.1) is 0 Å². The van der Waals surface area contributed by atoms with Crippen LogP contribution in [-0.2, 0) is 0 Å². The molecule has 1 N–H and O–H groups in total.